The third kappa shape index (κ3) is 2.08. The number of nitrogens with two attached hydrogens (primary N) is 1. The molecule has 0 spiro atoms. The Kier molecular flexibility index (Phi) is 3.23. The number of rotatable bonds is 2. The van der Waals surface area contributed by atoms with Crippen molar-refractivity contribution in [1.82, 2.24) is 10.1 Å². The molecule has 100 valence electrons. The second-order valence-electron chi connectivity index (χ2n) is 4.10. The van der Waals surface area contributed by atoms with E-state index in [2.05, 4.69) is 26.1 Å². The first kappa shape index (κ1) is 12.8. The number of hydrogen-bond donors (Lipinski definition) is 1. The lowest BCUT2D eigenvalue weighted by Gasteiger charge is -2.05. The van der Waals surface area contributed by atoms with Gasteiger partial charge in [-0.3, -0.25) is 4.98 Å². The minimum atomic E-state index is -0.411. The summed E-state index contributed by atoms with van der Waals surface area (Å²) in [6.07, 6.45) is 3.25. The summed E-state index contributed by atoms with van der Waals surface area (Å²) in [5.41, 5.74) is 7.46. The molecule has 0 aliphatic carbocycles. The first-order valence-corrected chi connectivity index (χ1v) is 6.57. The van der Waals surface area contributed by atoms with E-state index in [4.69, 9.17) is 10.3 Å². The molecule has 6 heteroatoms. The average Bonchev–Trinajstić information content (AvgIpc) is 2.81. The van der Waals surface area contributed by atoms with E-state index in [0.29, 0.717) is 21.4 Å². The highest BCUT2D eigenvalue weighted by Crippen LogP contribution is 2.40. The monoisotopic (exact) mass is 333 g/mol. The number of anilines is 1. The number of aromatic nitrogens is 2. The van der Waals surface area contributed by atoms with Crippen molar-refractivity contribution in [2.24, 2.45) is 0 Å². The standard InChI is InChI=1S/C14H9BrFN3O/c15-9-2-1-3-10(16)12(9)13-11(14(17)19-20-13)8-4-6-18-7-5-8/h1-7H,(H2,17,19). The van der Waals surface area contributed by atoms with Gasteiger partial charge in [0.2, 0.25) is 0 Å². The highest BCUT2D eigenvalue weighted by Gasteiger charge is 2.22. The summed E-state index contributed by atoms with van der Waals surface area (Å²) < 4.78 is 19.9. The molecule has 0 fully saturated rings. The smallest absolute Gasteiger partial charge is 0.181 e. The van der Waals surface area contributed by atoms with Gasteiger partial charge in [0, 0.05) is 16.9 Å². The molecular formula is C14H9BrFN3O. The molecule has 2 N–H and O–H groups in total. The van der Waals surface area contributed by atoms with Crippen LogP contribution in [0.5, 0.6) is 0 Å². The summed E-state index contributed by atoms with van der Waals surface area (Å²) >= 11 is 3.32. The van der Waals surface area contributed by atoms with Crippen LogP contribution in [0.1, 0.15) is 0 Å². The first-order valence-electron chi connectivity index (χ1n) is 5.78. The van der Waals surface area contributed by atoms with Gasteiger partial charge in [-0.05, 0) is 45.8 Å². The molecule has 0 aliphatic rings. The summed E-state index contributed by atoms with van der Waals surface area (Å²) in [5.74, 6) is 0.0888. The Morgan fingerprint density at radius 1 is 1.10 bits per heavy atom. The van der Waals surface area contributed by atoms with Crippen molar-refractivity contribution < 1.29 is 8.91 Å². The number of halogens is 2. The average molecular weight is 334 g/mol. The molecule has 4 nitrogen and oxygen atoms in total. The molecule has 3 rings (SSSR count). The number of hydrogen-bond acceptors (Lipinski definition) is 4. The Bertz CT molecular complexity index is 738. The molecule has 1 aromatic carbocycles. The summed E-state index contributed by atoms with van der Waals surface area (Å²) in [6.45, 7) is 0. The molecule has 0 saturated heterocycles. The number of nitrogens with zero attached hydrogens (tertiary/aromatic N) is 2. The van der Waals surface area contributed by atoms with Crippen molar-refractivity contribution in [2.45, 2.75) is 0 Å². The van der Waals surface area contributed by atoms with E-state index in [9.17, 15) is 4.39 Å². The van der Waals surface area contributed by atoms with Gasteiger partial charge in [0.25, 0.3) is 0 Å². The summed E-state index contributed by atoms with van der Waals surface area (Å²) in [6, 6.07) is 8.22. The minimum absolute atomic E-state index is 0.210. The van der Waals surface area contributed by atoms with Gasteiger partial charge in [-0.2, -0.15) is 0 Å². The van der Waals surface area contributed by atoms with Crippen LogP contribution in [0.2, 0.25) is 0 Å². The van der Waals surface area contributed by atoms with Gasteiger partial charge in [0.05, 0.1) is 11.1 Å². The molecular weight excluding hydrogens is 325 g/mol. The van der Waals surface area contributed by atoms with Gasteiger partial charge in [0.1, 0.15) is 5.82 Å². The Labute approximate surface area is 122 Å². The van der Waals surface area contributed by atoms with E-state index in [-0.39, 0.29) is 5.82 Å². The maximum atomic E-state index is 14.1. The van der Waals surface area contributed by atoms with Crippen molar-refractivity contribution in [2.75, 3.05) is 5.73 Å². The lowest BCUT2D eigenvalue weighted by atomic mass is 10.0. The molecule has 0 saturated carbocycles. The van der Waals surface area contributed by atoms with Crippen LogP contribution in [0.3, 0.4) is 0 Å². The van der Waals surface area contributed by atoms with Crippen LogP contribution >= 0.6 is 15.9 Å². The van der Waals surface area contributed by atoms with Crippen LogP contribution in [0, 0.1) is 5.82 Å². The largest absolute Gasteiger partial charge is 0.380 e. The normalized spacial score (nSPS) is 10.7. The predicted octanol–water partition coefficient (Wildman–Crippen LogP) is 3.89. The Morgan fingerprint density at radius 3 is 2.55 bits per heavy atom. The minimum Gasteiger partial charge on any atom is -0.380 e. The fraction of sp³-hybridized carbons (Fsp3) is 0. The third-order valence-corrected chi connectivity index (χ3v) is 3.54. The molecule has 0 atom stereocenters. The fourth-order valence-corrected chi connectivity index (χ4v) is 2.51. The molecule has 0 unspecified atom stereocenters. The zero-order valence-electron chi connectivity index (χ0n) is 10.2. The van der Waals surface area contributed by atoms with Crippen LogP contribution in [-0.2, 0) is 0 Å². The Hall–Kier alpha value is -2.21. The molecule has 2 aromatic heterocycles. The molecule has 0 bridgehead atoms. The molecule has 0 radical (unpaired) electrons. The fourth-order valence-electron chi connectivity index (χ4n) is 1.99. The Morgan fingerprint density at radius 2 is 1.85 bits per heavy atom. The van der Waals surface area contributed by atoms with Gasteiger partial charge in [-0.1, -0.05) is 11.2 Å². The number of nitrogen functional groups attached to an aromatic ring is 1. The van der Waals surface area contributed by atoms with Crippen molar-refractivity contribution in [3.05, 3.63) is 53.0 Å². The summed E-state index contributed by atoms with van der Waals surface area (Å²) in [5, 5.41) is 3.75. The van der Waals surface area contributed by atoms with E-state index in [1.165, 1.54) is 6.07 Å². The first-order chi connectivity index (χ1) is 9.68. The maximum Gasteiger partial charge on any atom is 0.181 e. The van der Waals surface area contributed by atoms with E-state index >= 15 is 0 Å². The van der Waals surface area contributed by atoms with Gasteiger partial charge >= 0.3 is 0 Å². The predicted molar refractivity (Wildman–Crippen MR) is 77.2 cm³/mol. The van der Waals surface area contributed by atoms with Gasteiger partial charge in [-0.25, -0.2) is 4.39 Å². The highest BCUT2D eigenvalue weighted by molar-refractivity contribution is 9.10. The summed E-state index contributed by atoms with van der Waals surface area (Å²) in [4.78, 5) is 3.95. The van der Waals surface area contributed by atoms with E-state index in [0.717, 1.165) is 5.56 Å². The van der Waals surface area contributed by atoms with Crippen molar-refractivity contribution >= 4 is 21.7 Å². The van der Waals surface area contributed by atoms with Crippen LogP contribution in [-0.4, -0.2) is 10.1 Å². The number of pyridine rings is 1. The Balaban J connectivity index is 2.27. The van der Waals surface area contributed by atoms with Crippen molar-refractivity contribution in [1.29, 1.82) is 0 Å². The van der Waals surface area contributed by atoms with Gasteiger partial charge < -0.3 is 10.3 Å². The zero-order chi connectivity index (χ0) is 14.1. The molecule has 2 heterocycles. The summed E-state index contributed by atoms with van der Waals surface area (Å²) in [7, 11) is 0. The molecule has 3 aromatic rings. The maximum absolute atomic E-state index is 14.1. The van der Waals surface area contributed by atoms with Crippen molar-refractivity contribution in [3.8, 4) is 22.5 Å². The lowest BCUT2D eigenvalue weighted by molar-refractivity contribution is 0.433. The second-order valence-corrected chi connectivity index (χ2v) is 4.96. The lowest BCUT2D eigenvalue weighted by Crippen LogP contribution is -1.91. The highest BCUT2D eigenvalue weighted by atomic mass is 79.9. The van der Waals surface area contributed by atoms with E-state index in [1.54, 1.807) is 36.7 Å². The van der Waals surface area contributed by atoms with Crippen LogP contribution in [0.25, 0.3) is 22.5 Å². The molecule has 0 amide bonds. The quantitative estimate of drug-likeness (QED) is 0.772. The van der Waals surface area contributed by atoms with Crippen molar-refractivity contribution in [3.63, 3.8) is 0 Å². The molecule has 20 heavy (non-hydrogen) atoms. The SMILES string of the molecule is Nc1noc(-c2c(F)cccc2Br)c1-c1ccncc1. The number of benzene rings is 1. The van der Waals surface area contributed by atoms with E-state index in [1.807, 2.05) is 0 Å². The molecule has 0 aliphatic heterocycles. The zero-order valence-corrected chi connectivity index (χ0v) is 11.8. The van der Waals surface area contributed by atoms with E-state index < -0.39 is 5.82 Å². The van der Waals surface area contributed by atoms with Gasteiger partial charge in [0.15, 0.2) is 11.6 Å². The topological polar surface area (TPSA) is 64.9 Å². The van der Waals surface area contributed by atoms with Crippen LogP contribution < -0.4 is 5.73 Å². The van der Waals surface area contributed by atoms with Crippen LogP contribution in [0.15, 0.2) is 51.7 Å². The second kappa shape index (κ2) is 5.05. The van der Waals surface area contributed by atoms with Gasteiger partial charge in [-0.15, -0.1) is 0 Å². The third-order valence-electron chi connectivity index (χ3n) is 2.88. The van der Waals surface area contributed by atoms with Crippen LogP contribution in [0.4, 0.5) is 10.2 Å².